The number of amides is 2. The summed E-state index contributed by atoms with van der Waals surface area (Å²) in [6.07, 6.45) is 0.652. The predicted molar refractivity (Wildman–Crippen MR) is 95.8 cm³/mol. The summed E-state index contributed by atoms with van der Waals surface area (Å²) in [5.74, 6) is -0.231. The summed E-state index contributed by atoms with van der Waals surface area (Å²) in [6, 6.07) is 7.18. The molecule has 130 valence electrons. The molecule has 1 aromatic rings. The third-order valence-corrected chi connectivity index (χ3v) is 3.55. The van der Waals surface area contributed by atoms with E-state index in [0.29, 0.717) is 31.6 Å². The summed E-state index contributed by atoms with van der Waals surface area (Å²) in [6.45, 7) is 1.31. The topological polar surface area (TPSA) is 93.4 Å². The van der Waals surface area contributed by atoms with Gasteiger partial charge >= 0.3 is 0 Å². The number of rotatable bonds is 9. The normalized spacial score (nSPS) is 11.3. The molecule has 1 unspecified atom stereocenters. The van der Waals surface area contributed by atoms with Crippen molar-refractivity contribution >= 4 is 40.2 Å². The third kappa shape index (κ3) is 8.90. The second kappa shape index (κ2) is 12.3. The van der Waals surface area contributed by atoms with Crippen molar-refractivity contribution in [3.8, 4) is 0 Å². The van der Waals surface area contributed by atoms with E-state index in [0.717, 1.165) is 4.47 Å². The third-order valence-electron chi connectivity index (χ3n) is 3.06. The van der Waals surface area contributed by atoms with Crippen LogP contribution in [0, 0.1) is 0 Å². The van der Waals surface area contributed by atoms with Crippen LogP contribution in [0.3, 0.4) is 0 Å². The zero-order chi connectivity index (χ0) is 16.4. The molecule has 1 atom stereocenters. The van der Waals surface area contributed by atoms with Crippen molar-refractivity contribution in [1.82, 2.24) is 10.6 Å². The number of ether oxygens (including phenoxy) is 1. The largest absolute Gasteiger partial charge is 0.380 e. The first kappa shape index (κ1) is 21.9. The molecule has 0 fully saturated rings. The van der Waals surface area contributed by atoms with Gasteiger partial charge in [-0.05, 0) is 24.6 Å². The van der Waals surface area contributed by atoms with Crippen LogP contribution in [0.2, 0.25) is 0 Å². The number of halogens is 2. The van der Waals surface area contributed by atoms with Gasteiger partial charge in [-0.3, -0.25) is 9.59 Å². The lowest BCUT2D eigenvalue weighted by molar-refractivity contribution is -0.123. The molecule has 0 aromatic heterocycles. The van der Waals surface area contributed by atoms with Crippen LogP contribution >= 0.6 is 28.3 Å². The zero-order valence-corrected chi connectivity index (χ0v) is 15.4. The fourth-order valence-corrected chi connectivity index (χ4v) is 2.19. The van der Waals surface area contributed by atoms with Crippen LogP contribution in [0.25, 0.3) is 0 Å². The van der Waals surface area contributed by atoms with Crippen LogP contribution in [-0.4, -0.2) is 44.7 Å². The minimum absolute atomic E-state index is 0. The highest BCUT2D eigenvalue weighted by atomic mass is 79.9. The lowest BCUT2D eigenvalue weighted by atomic mass is 10.2. The summed E-state index contributed by atoms with van der Waals surface area (Å²) in [4.78, 5) is 23.5. The van der Waals surface area contributed by atoms with Gasteiger partial charge < -0.3 is 21.1 Å². The molecule has 0 aliphatic rings. The first-order valence-electron chi connectivity index (χ1n) is 7.10. The molecule has 0 saturated heterocycles. The monoisotopic (exact) mass is 407 g/mol. The molecule has 0 saturated carbocycles. The van der Waals surface area contributed by atoms with Gasteiger partial charge in [-0.25, -0.2) is 0 Å². The van der Waals surface area contributed by atoms with Crippen LogP contribution in [0.5, 0.6) is 0 Å². The van der Waals surface area contributed by atoms with Gasteiger partial charge in [0.25, 0.3) is 5.91 Å². The number of nitrogens with two attached hydrogens (primary N) is 1. The molecular weight excluding hydrogens is 386 g/mol. The van der Waals surface area contributed by atoms with Gasteiger partial charge in [0.15, 0.2) is 0 Å². The summed E-state index contributed by atoms with van der Waals surface area (Å²) in [5, 5.41) is 5.58. The molecule has 6 nitrogen and oxygen atoms in total. The Balaban J connectivity index is 0.00000484. The van der Waals surface area contributed by atoms with E-state index in [9.17, 15) is 9.59 Å². The van der Waals surface area contributed by atoms with E-state index in [1.165, 1.54) is 7.11 Å². The Kier molecular flexibility index (Phi) is 11.7. The minimum atomic E-state index is -0.253. The molecule has 4 N–H and O–H groups in total. The Morgan fingerprint density at radius 3 is 2.61 bits per heavy atom. The molecule has 1 aromatic carbocycles. The van der Waals surface area contributed by atoms with Gasteiger partial charge in [0, 0.05) is 36.8 Å². The van der Waals surface area contributed by atoms with Gasteiger partial charge in [-0.15, -0.1) is 12.4 Å². The van der Waals surface area contributed by atoms with Crippen LogP contribution < -0.4 is 16.4 Å². The predicted octanol–water partition coefficient (Wildman–Crippen LogP) is 1.47. The van der Waals surface area contributed by atoms with E-state index in [-0.39, 0.29) is 36.7 Å². The summed E-state index contributed by atoms with van der Waals surface area (Å²) >= 11 is 3.32. The fourth-order valence-electron chi connectivity index (χ4n) is 1.79. The SMILES string of the molecule is COC(CN)CC(=O)NCCCNC(=O)c1cccc(Br)c1.Cl. The van der Waals surface area contributed by atoms with Crippen molar-refractivity contribution in [2.45, 2.75) is 18.9 Å². The minimum Gasteiger partial charge on any atom is -0.380 e. The van der Waals surface area contributed by atoms with Gasteiger partial charge in [0.05, 0.1) is 12.5 Å². The van der Waals surface area contributed by atoms with Gasteiger partial charge in [0.2, 0.25) is 5.91 Å². The Morgan fingerprint density at radius 2 is 2.00 bits per heavy atom. The average Bonchev–Trinajstić information content (AvgIpc) is 2.52. The molecule has 2 amide bonds. The highest BCUT2D eigenvalue weighted by Gasteiger charge is 2.10. The Hall–Kier alpha value is -1.15. The molecule has 1 rings (SSSR count). The maximum atomic E-state index is 11.9. The Labute approximate surface area is 151 Å². The van der Waals surface area contributed by atoms with E-state index >= 15 is 0 Å². The van der Waals surface area contributed by atoms with E-state index in [2.05, 4.69) is 26.6 Å². The zero-order valence-electron chi connectivity index (χ0n) is 13.0. The highest BCUT2D eigenvalue weighted by Crippen LogP contribution is 2.11. The maximum absolute atomic E-state index is 11.9. The van der Waals surface area contributed by atoms with Crippen molar-refractivity contribution in [3.63, 3.8) is 0 Å². The lowest BCUT2D eigenvalue weighted by Crippen LogP contribution is -2.34. The van der Waals surface area contributed by atoms with Gasteiger partial charge in [0.1, 0.15) is 0 Å². The number of nitrogens with one attached hydrogen (secondary N) is 2. The van der Waals surface area contributed by atoms with Crippen molar-refractivity contribution in [3.05, 3.63) is 34.3 Å². The second-order valence-corrected chi connectivity index (χ2v) is 5.68. The first-order valence-corrected chi connectivity index (χ1v) is 7.89. The van der Waals surface area contributed by atoms with Crippen molar-refractivity contribution in [2.24, 2.45) is 5.73 Å². The molecule has 0 heterocycles. The van der Waals surface area contributed by atoms with E-state index in [4.69, 9.17) is 10.5 Å². The molecule has 0 bridgehead atoms. The maximum Gasteiger partial charge on any atom is 0.251 e. The van der Waals surface area contributed by atoms with Crippen LogP contribution in [-0.2, 0) is 9.53 Å². The highest BCUT2D eigenvalue weighted by molar-refractivity contribution is 9.10. The lowest BCUT2D eigenvalue weighted by Gasteiger charge is -2.12. The molecule has 0 spiro atoms. The molecule has 0 aliphatic carbocycles. The Morgan fingerprint density at radius 1 is 1.30 bits per heavy atom. The summed E-state index contributed by atoms with van der Waals surface area (Å²) in [7, 11) is 1.53. The summed E-state index contributed by atoms with van der Waals surface area (Å²) in [5.41, 5.74) is 6.05. The number of hydrogen-bond acceptors (Lipinski definition) is 4. The first-order chi connectivity index (χ1) is 10.6. The van der Waals surface area contributed by atoms with Crippen molar-refractivity contribution in [1.29, 1.82) is 0 Å². The van der Waals surface area contributed by atoms with Gasteiger partial charge in [-0.1, -0.05) is 22.0 Å². The van der Waals surface area contributed by atoms with Crippen LogP contribution in [0.1, 0.15) is 23.2 Å². The van der Waals surface area contributed by atoms with Gasteiger partial charge in [-0.2, -0.15) is 0 Å². The standard InChI is InChI=1S/C15H22BrN3O3.ClH/c1-22-13(10-17)9-14(20)18-6-3-7-19-15(21)11-4-2-5-12(16)8-11;/h2,4-5,8,13H,3,6-7,9-10,17H2,1H3,(H,18,20)(H,19,21);1H. The van der Waals surface area contributed by atoms with Crippen molar-refractivity contribution in [2.75, 3.05) is 26.7 Å². The second-order valence-electron chi connectivity index (χ2n) is 4.77. The van der Waals surface area contributed by atoms with E-state index < -0.39 is 0 Å². The molecular formula is C15H23BrClN3O3. The van der Waals surface area contributed by atoms with Crippen molar-refractivity contribution < 1.29 is 14.3 Å². The number of carbonyl (C=O) groups is 2. The number of benzene rings is 1. The quantitative estimate of drug-likeness (QED) is 0.539. The van der Waals surface area contributed by atoms with Crippen LogP contribution in [0.4, 0.5) is 0 Å². The number of carbonyl (C=O) groups excluding carboxylic acids is 2. The number of methoxy groups -OCH3 is 1. The van der Waals surface area contributed by atoms with Crippen LogP contribution in [0.15, 0.2) is 28.7 Å². The molecule has 0 aliphatic heterocycles. The molecule has 0 radical (unpaired) electrons. The number of hydrogen-bond donors (Lipinski definition) is 3. The average molecular weight is 409 g/mol. The summed E-state index contributed by atoms with van der Waals surface area (Å²) < 4.78 is 5.90. The fraction of sp³-hybridized carbons (Fsp3) is 0.467. The Bertz CT molecular complexity index is 499. The molecule has 8 heteroatoms. The van der Waals surface area contributed by atoms with E-state index in [1.54, 1.807) is 12.1 Å². The smallest absolute Gasteiger partial charge is 0.251 e. The molecule has 23 heavy (non-hydrogen) atoms. The van der Waals surface area contributed by atoms with E-state index in [1.807, 2.05) is 12.1 Å².